The topological polar surface area (TPSA) is 41.5 Å². The standard InChI is InChI=1S/C11H18N2O/c1-8-5-9(12-6-8)7-13-10(14)11(2,3)4/h6H,5,7H2,1-4H3,(H,13,14). The van der Waals surface area contributed by atoms with Crippen LogP contribution in [0.1, 0.15) is 34.1 Å². The quantitative estimate of drug-likeness (QED) is 0.716. The molecular weight excluding hydrogens is 176 g/mol. The van der Waals surface area contributed by atoms with Crippen molar-refractivity contribution in [3.63, 3.8) is 0 Å². The SMILES string of the molecule is CC1=CN=C(CNC(=O)C(C)(C)C)C1. The molecular formula is C11H18N2O. The van der Waals surface area contributed by atoms with E-state index in [4.69, 9.17) is 0 Å². The number of hydrogen-bond donors (Lipinski definition) is 1. The first-order valence-corrected chi connectivity index (χ1v) is 4.89. The second-order valence-corrected chi connectivity index (χ2v) is 4.78. The largest absolute Gasteiger partial charge is 0.350 e. The van der Waals surface area contributed by atoms with Crippen LogP contribution in [0.2, 0.25) is 0 Å². The first kappa shape index (κ1) is 11.0. The summed E-state index contributed by atoms with van der Waals surface area (Å²) < 4.78 is 0. The summed E-state index contributed by atoms with van der Waals surface area (Å²) in [7, 11) is 0. The summed E-state index contributed by atoms with van der Waals surface area (Å²) in [4.78, 5) is 15.7. The Morgan fingerprint density at radius 1 is 1.57 bits per heavy atom. The third kappa shape index (κ3) is 2.98. The molecule has 0 aromatic carbocycles. The van der Waals surface area contributed by atoms with Crippen molar-refractivity contribution in [2.24, 2.45) is 10.4 Å². The molecule has 0 aliphatic carbocycles. The van der Waals surface area contributed by atoms with Crippen molar-refractivity contribution in [1.82, 2.24) is 5.32 Å². The van der Waals surface area contributed by atoms with Gasteiger partial charge in [0.15, 0.2) is 0 Å². The summed E-state index contributed by atoms with van der Waals surface area (Å²) in [5, 5.41) is 2.88. The lowest BCUT2D eigenvalue weighted by atomic mass is 9.95. The van der Waals surface area contributed by atoms with E-state index in [2.05, 4.69) is 10.3 Å². The second kappa shape index (κ2) is 3.95. The van der Waals surface area contributed by atoms with Crippen LogP contribution in [0.4, 0.5) is 0 Å². The molecule has 0 aromatic heterocycles. The number of nitrogens with zero attached hydrogens (tertiary/aromatic N) is 1. The van der Waals surface area contributed by atoms with Crippen molar-refractivity contribution in [3.05, 3.63) is 11.8 Å². The summed E-state index contributed by atoms with van der Waals surface area (Å²) in [5.74, 6) is 0.0738. The van der Waals surface area contributed by atoms with E-state index < -0.39 is 0 Å². The van der Waals surface area contributed by atoms with Crippen molar-refractivity contribution in [3.8, 4) is 0 Å². The molecule has 0 spiro atoms. The van der Waals surface area contributed by atoms with Crippen molar-refractivity contribution in [2.45, 2.75) is 34.1 Å². The van der Waals surface area contributed by atoms with Crippen LogP contribution in [-0.2, 0) is 4.79 Å². The summed E-state index contributed by atoms with van der Waals surface area (Å²) in [6.45, 7) is 8.33. The number of aliphatic imine (C=N–C) groups is 1. The van der Waals surface area contributed by atoms with Gasteiger partial charge in [-0.2, -0.15) is 0 Å². The normalized spacial score (nSPS) is 16.3. The molecule has 0 bridgehead atoms. The molecule has 0 unspecified atom stereocenters. The zero-order valence-corrected chi connectivity index (χ0v) is 9.35. The maximum Gasteiger partial charge on any atom is 0.225 e. The average molecular weight is 194 g/mol. The van der Waals surface area contributed by atoms with Gasteiger partial charge in [-0.1, -0.05) is 20.8 Å². The van der Waals surface area contributed by atoms with E-state index in [0.29, 0.717) is 6.54 Å². The number of nitrogens with one attached hydrogen (secondary N) is 1. The van der Waals surface area contributed by atoms with Crippen LogP contribution in [0.15, 0.2) is 16.8 Å². The van der Waals surface area contributed by atoms with Gasteiger partial charge in [0.05, 0.1) is 6.54 Å². The van der Waals surface area contributed by atoms with E-state index in [1.54, 1.807) is 0 Å². The fraction of sp³-hybridized carbons (Fsp3) is 0.636. The van der Waals surface area contributed by atoms with Crippen LogP contribution in [-0.4, -0.2) is 18.2 Å². The molecule has 0 atom stereocenters. The van der Waals surface area contributed by atoms with Gasteiger partial charge >= 0.3 is 0 Å². The van der Waals surface area contributed by atoms with Gasteiger partial charge in [0.1, 0.15) is 0 Å². The first-order valence-electron chi connectivity index (χ1n) is 4.89. The predicted octanol–water partition coefficient (Wildman–Crippen LogP) is 1.90. The number of carbonyl (C=O) groups excluding carboxylic acids is 1. The molecule has 0 saturated carbocycles. The fourth-order valence-corrected chi connectivity index (χ4v) is 1.17. The monoisotopic (exact) mass is 194 g/mol. The van der Waals surface area contributed by atoms with Crippen molar-refractivity contribution >= 4 is 11.6 Å². The molecule has 78 valence electrons. The van der Waals surface area contributed by atoms with Gasteiger partial charge in [0.2, 0.25) is 5.91 Å². The molecule has 1 amide bonds. The van der Waals surface area contributed by atoms with E-state index in [9.17, 15) is 4.79 Å². The fourth-order valence-electron chi connectivity index (χ4n) is 1.17. The third-order valence-corrected chi connectivity index (χ3v) is 2.08. The van der Waals surface area contributed by atoms with E-state index in [0.717, 1.165) is 12.1 Å². The average Bonchev–Trinajstić information content (AvgIpc) is 2.45. The molecule has 3 nitrogen and oxygen atoms in total. The highest BCUT2D eigenvalue weighted by atomic mass is 16.2. The zero-order valence-electron chi connectivity index (χ0n) is 9.35. The molecule has 0 fully saturated rings. The Balaban J connectivity index is 2.33. The van der Waals surface area contributed by atoms with Gasteiger partial charge in [0.25, 0.3) is 0 Å². The first-order chi connectivity index (χ1) is 6.39. The lowest BCUT2D eigenvalue weighted by molar-refractivity contribution is -0.128. The Morgan fingerprint density at radius 3 is 2.64 bits per heavy atom. The highest BCUT2D eigenvalue weighted by molar-refractivity contribution is 5.94. The molecule has 14 heavy (non-hydrogen) atoms. The van der Waals surface area contributed by atoms with Gasteiger partial charge in [-0.3, -0.25) is 9.79 Å². The summed E-state index contributed by atoms with van der Waals surface area (Å²) in [6, 6.07) is 0. The molecule has 1 rings (SSSR count). The molecule has 1 aliphatic heterocycles. The molecule has 0 aromatic rings. The van der Waals surface area contributed by atoms with Gasteiger partial charge in [0, 0.05) is 23.7 Å². The highest BCUT2D eigenvalue weighted by Crippen LogP contribution is 2.13. The molecule has 1 aliphatic rings. The van der Waals surface area contributed by atoms with Gasteiger partial charge in [-0.25, -0.2) is 0 Å². The molecule has 1 heterocycles. The summed E-state index contributed by atoms with van der Waals surface area (Å²) in [5.41, 5.74) is 1.98. The predicted molar refractivity (Wildman–Crippen MR) is 58.3 cm³/mol. The van der Waals surface area contributed by atoms with E-state index in [-0.39, 0.29) is 11.3 Å². The van der Waals surface area contributed by atoms with Gasteiger partial charge in [-0.15, -0.1) is 0 Å². The smallest absolute Gasteiger partial charge is 0.225 e. The Hall–Kier alpha value is -1.12. The molecule has 0 saturated heterocycles. The van der Waals surface area contributed by atoms with Gasteiger partial charge in [-0.05, 0) is 12.5 Å². The second-order valence-electron chi connectivity index (χ2n) is 4.78. The van der Waals surface area contributed by atoms with Gasteiger partial charge < -0.3 is 5.32 Å². The van der Waals surface area contributed by atoms with Crippen LogP contribution in [0, 0.1) is 5.41 Å². The lowest BCUT2D eigenvalue weighted by Gasteiger charge is -2.17. The molecule has 1 N–H and O–H groups in total. The van der Waals surface area contributed by atoms with Crippen LogP contribution in [0.5, 0.6) is 0 Å². The third-order valence-electron chi connectivity index (χ3n) is 2.08. The Kier molecular flexibility index (Phi) is 3.09. The number of allylic oxidation sites excluding steroid dienone is 1. The van der Waals surface area contributed by atoms with Crippen LogP contribution < -0.4 is 5.32 Å². The Morgan fingerprint density at radius 2 is 2.21 bits per heavy atom. The van der Waals surface area contributed by atoms with Crippen molar-refractivity contribution < 1.29 is 4.79 Å². The Labute approximate surface area is 85.3 Å². The van der Waals surface area contributed by atoms with Crippen LogP contribution >= 0.6 is 0 Å². The van der Waals surface area contributed by atoms with Crippen LogP contribution in [0.25, 0.3) is 0 Å². The zero-order chi connectivity index (χ0) is 10.8. The minimum absolute atomic E-state index is 0.0738. The van der Waals surface area contributed by atoms with E-state index >= 15 is 0 Å². The lowest BCUT2D eigenvalue weighted by Crippen LogP contribution is -2.37. The number of carbonyl (C=O) groups is 1. The number of amides is 1. The van der Waals surface area contributed by atoms with Crippen molar-refractivity contribution in [1.29, 1.82) is 0 Å². The van der Waals surface area contributed by atoms with E-state index in [1.807, 2.05) is 33.9 Å². The van der Waals surface area contributed by atoms with Crippen molar-refractivity contribution in [2.75, 3.05) is 6.54 Å². The number of hydrogen-bond acceptors (Lipinski definition) is 2. The maximum atomic E-state index is 11.5. The minimum atomic E-state index is -0.318. The number of rotatable bonds is 2. The van der Waals surface area contributed by atoms with Crippen LogP contribution in [0.3, 0.4) is 0 Å². The highest BCUT2D eigenvalue weighted by Gasteiger charge is 2.21. The summed E-state index contributed by atoms with van der Waals surface area (Å²) in [6.07, 6.45) is 2.75. The molecule has 0 radical (unpaired) electrons. The summed E-state index contributed by atoms with van der Waals surface area (Å²) >= 11 is 0. The molecule has 3 heteroatoms. The maximum absolute atomic E-state index is 11.5. The Bertz CT molecular complexity index is 295. The van der Waals surface area contributed by atoms with E-state index in [1.165, 1.54) is 5.57 Å². The minimum Gasteiger partial charge on any atom is -0.350 e.